The van der Waals surface area contributed by atoms with Crippen LogP contribution in [0.3, 0.4) is 0 Å². The van der Waals surface area contributed by atoms with E-state index in [-0.39, 0.29) is 11.7 Å². The fourth-order valence-electron chi connectivity index (χ4n) is 3.47. The van der Waals surface area contributed by atoms with Crippen LogP contribution in [-0.2, 0) is 16.1 Å². The number of ether oxygens (including phenoxy) is 1. The molecule has 1 aliphatic heterocycles. The van der Waals surface area contributed by atoms with Gasteiger partial charge in [-0.2, -0.15) is 0 Å². The smallest absolute Gasteiger partial charge is 0.246 e. The standard InChI is InChI=1S/C20H27FN2O2/c1-22(20(24)12-15-4-3-5-15)14-16-13-17(21)6-7-19(16)23-10-8-18(25-2)9-11-23/h6-7,12-13,18H,3-5,8-11,14H2,1-2H3. The molecule has 5 heteroatoms. The molecule has 0 atom stereocenters. The van der Waals surface area contributed by atoms with Crippen molar-refractivity contribution in [2.75, 3.05) is 32.1 Å². The summed E-state index contributed by atoms with van der Waals surface area (Å²) in [6, 6.07) is 4.89. The number of halogens is 1. The molecule has 136 valence electrons. The lowest BCUT2D eigenvalue weighted by atomic mass is 9.92. The summed E-state index contributed by atoms with van der Waals surface area (Å²) in [7, 11) is 3.53. The van der Waals surface area contributed by atoms with Crippen molar-refractivity contribution < 1.29 is 13.9 Å². The van der Waals surface area contributed by atoms with Gasteiger partial charge in [0.15, 0.2) is 0 Å². The molecule has 1 heterocycles. The molecule has 1 aromatic rings. The first-order chi connectivity index (χ1) is 12.1. The van der Waals surface area contributed by atoms with Gasteiger partial charge in [0.2, 0.25) is 5.91 Å². The molecule has 0 aromatic heterocycles. The van der Waals surface area contributed by atoms with Crippen molar-refractivity contribution in [1.82, 2.24) is 4.90 Å². The maximum Gasteiger partial charge on any atom is 0.246 e. The van der Waals surface area contributed by atoms with E-state index in [1.165, 1.54) is 18.1 Å². The minimum absolute atomic E-state index is 0.00278. The monoisotopic (exact) mass is 346 g/mol. The lowest BCUT2D eigenvalue weighted by Crippen LogP contribution is -2.37. The third-order valence-electron chi connectivity index (χ3n) is 5.26. The molecule has 1 aliphatic carbocycles. The van der Waals surface area contributed by atoms with Gasteiger partial charge in [0.25, 0.3) is 0 Å². The number of hydrogen-bond donors (Lipinski definition) is 0. The molecule has 0 N–H and O–H groups in total. The van der Waals surface area contributed by atoms with E-state index in [0.29, 0.717) is 12.6 Å². The van der Waals surface area contributed by atoms with Crippen LogP contribution in [0.15, 0.2) is 29.8 Å². The van der Waals surface area contributed by atoms with E-state index in [2.05, 4.69) is 4.90 Å². The SMILES string of the molecule is COC1CCN(c2ccc(F)cc2CN(C)C(=O)C=C2CCC2)CC1. The molecule has 25 heavy (non-hydrogen) atoms. The Labute approximate surface area is 149 Å². The van der Waals surface area contributed by atoms with Crippen molar-refractivity contribution in [3.8, 4) is 0 Å². The topological polar surface area (TPSA) is 32.8 Å². The van der Waals surface area contributed by atoms with Crippen molar-refractivity contribution >= 4 is 11.6 Å². The molecule has 4 nitrogen and oxygen atoms in total. The molecule has 0 radical (unpaired) electrons. The predicted octanol–water partition coefficient (Wildman–Crippen LogP) is 3.51. The third kappa shape index (κ3) is 4.40. The average Bonchev–Trinajstić information content (AvgIpc) is 2.58. The number of anilines is 1. The lowest BCUT2D eigenvalue weighted by molar-refractivity contribution is -0.125. The van der Waals surface area contributed by atoms with Crippen LogP contribution in [0.4, 0.5) is 10.1 Å². The maximum absolute atomic E-state index is 13.8. The molecular weight excluding hydrogens is 319 g/mol. The minimum atomic E-state index is -0.260. The number of benzene rings is 1. The van der Waals surface area contributed by atoms with Gasteiger partial charge in [-0.3, -0.25) is 4.79 Å². The number of hydrogen-bond acceptors (Lipinski definition) is 3. The van der Waals surface area contributed by atoms with E-state index in [9.17, 15) is 9.18 Å². The number of piperidine rings is 1. The Bertz CT molecular complexity index is 645. The van der Waals surface area contributed by atoms with E-state index >= 15 is 0 Å². The van der Waals surface area contributed by atoms with E-state index in [1.54, 1.807) is 31.2 Å². The van der Waals surface area contributed by atoms with Crippen molar-refractivity contribution in [2.24, 2.45) is 0 Å². The first kappa shape index (κ1) is 17.9. The minimum Gasteiger partial charge on any atom is -0.381 e. The second-order valence-corrected chi connectivity index (χ2v) is 7.05. The zero-order valence-electron chi connectivity index (χ0n) is 15.1. The van der Waals surface area contributed by atoms with Gasteiger partial charge >= 0.3 is 0 Å². The van der Waals surface area contributed by atoms with Gasteiger partial charge in [0.1, 0.15) is 5.82 Å². The first-order valence-electron chi connectivity index (χ1n) is 9.07. The summed E-state index contributed by atoms with van der Waals surface area (Å²) in [5, 5.41) is 0. The van der Waals surface area contributed by atoms with Crippen molar-refractivity contribution in [2.45, 2.75) is 44.8 Å². The van der Waals surface area contributed by atoms with Gasteiger partial charge in [0, 0.05) is 45.6 Å². The van der Waals surface area contributed by atoms with Crippen molar-refractivity contribution in [1.29, 1.82) is 0 Å². The van der Waals surface area contributed by atoms with Crippen molar-refractivity contribution in [3.05, 3.63) is 41.2 Å². The molecule has 1 saturated heterocycles. The number of likely N-dealkylation sites (N-methyl/N-ethyl adjacent to an activating group) is 1. The van der Waals surface area contributed by atoms with E-state index in [1.807, 2.05) is 6.07 Å². The summed E-state index contributed by atoms with van der Waals surface area (Å²) in [5.41, 5.74) is 3.10. The Morgan fingerprint density at radius 3 is 2.68 bits per heavy atom. The van der Waals surface area contributed by atoms with Crippen LogP contribution in [0.2, 0.25) is 0 Å². The normalized spacial score (nSPS) is 18.0. The summed E-state index contributed by atoms with van der Waals surface area (Å²) in [6.45, 7) is 2.19. The highest BCUT2D eigenvalue weighted by atomic mass is 19.1. The largest absolute Gasteiger partial charge is 0.381 e. The fourth-order valence-corrected chi connectivity index (χ4v) is 3.47. The van der Waals surface area contributed by atoms with Crippen LogP contribution in [0, 0.1) is 5.82 Å². The molecule has 2 fully saturated rings. The molecule has 2 aliphatic rings. The number of nitrogens with zero attached hydrogens (tertiary/aromatic N) is 2. The number of allylic oxidation sites excluding steroid dienone is 1. The zero-order valence-corrected chi connectivity index (χ0v) is 15.1. The number of rotatable bonds is 5. The Balaban J connectivity index is 1.71. The summed E-state index contributed by atoms with van der Waals surface area (Å²) >= 11 is 0. The zero-order chi connectivity index (χ0) is 17.8. The van der Waals surface area contributed by atoms with Gasteiger partial charge in [-0.15, -0.1) is 0 Å². The molecule has 3 rings (SSSR count). The molecule has 1 amide bonds. The summed E-state index contributed by atoms with van der Waals surface area (Å²) in [5.74, 6) is -0.258. The molecular formula is C20H27FN2O2. The molecule has 1 aromatic carbocycles. The van der Waals surface area contributed by atoms with Gasteiger partial charge in [-0.1, -0.05) is 5.57 Å². The second kappa shape index (κ2) is 8.00. The Hall–Kier alpha value is -1.88. The number of amides is 1. The van der Waals surface area contributed by atoms with Crippen LogP contribution < -0.4 is 4.90 Å². The number of carbonyl (C=O) groups is 1. The van der Waals surface area contributed by atoms with Crippen LogP contribution in [0.25, 0.3) is 0 Å². The first-order valence-corrected chi connectivity index (χ1v) is 9.07. The van der Waals surface area contributed by atoms with Gasteiger partial charge in [-0.25, -0.2) is 4.39 Å². The van der Waals surface area contributed by atoms with E-state index < -0.39 is 0 Å². The highest BCUT2D eigenvalue weighted by Gasteiger charge is 2.22. The van der Waals surface area contributed by atoms with Gasteiger partial charge in [0.05, 0.1) is 6.10 Å². The molecule has 0 unspecified atom stereocenters. The highest BCUT2D eigenvalue weighted by molar-refractivity contribution is 5.88. The quantitative estimate of drug-likeness (QED) is 0.765. The summed E-state index contributed by atoms with van der Waals surface area (Å²) in [6.07, 6.45) is 7.21. The Kier molecular flexibility index (Phi) is 5.74. The second-order valence-electron chi connectivity index (χ2n) is 7.05. The lowest BCUT2D eigenvalue weighted by Gasteiger charge is -2.34. The number of methoxy groups -OCH3 is 1. The Morgan fingerprint density at radius 1 is 1.36 bits per heavy atom. The maximum atomic E-state index is 13.8. The summed E-state index contributed by atoms with van der Waals surface area (Å²) < 4.78 is 19.2. The number of carbonyl (C=O) groups excluding carboxylic acids is 1. The van der Waals surface area contributed by atoms with Crippen LogP contribution in [0.1, 0.15) is 37.7 Å². The summed E-state index contributed by atoms with van der Waals surface area (Å²) in [4.78, 5) is 16.3. The van der Waals surface area contributed by atoms with Crippen LogP contribution in [0.5, 0.6) is 0 Å². The average molecular weight is 346 g/mol. The predicted molar refractivity (Wildman–Crippen MR) is 97.1 cm³/mol. The molecule has 1 saturated carbocycles. The third-order valence-corrected chi connectivity index (χ3v) is 5.26. The van der Waals surface area contributed by atoms with Gasteiger partial charge in [-0.05, 0) is 55.9 Å². The van der Waals surface area contributed by atoms with E-state index in [0.717, 1.165) is 50.0 Å². The Morgan fingerprint density at radius 2 is 2.08 bits per heavy atom. The fraction of sp³-hybridized carbons (Fsp3) is 0.550. The highest BCUT2D eigenvalue weighted by Crippen LogP contribution is 2.28. The molecule has 0 spiro atoms. The van der Waals surface area contributed by atoms with Crippen molar-refractivity contribution in [3.63, 3.8) is 0 Å². The molecule has 0 bridgehead atoms. The van der Waals surface area contributed by atoms with Crippen LogP contribution in [-0.4, -0.2) is 44.2 Å². The van der Waals surface area contributed by atoms with Gasteiger partial charge < -0.3 is 14.5 Å². The van der Waals surface area contributed by atoms with Crippen LogP contribution >= 0.6 is 0 Å². The van der Waals surface area contributed by atoms with E-state index in [4.69, 9.17) is 4.74 Å².